The second kappa shape index (κ2) is 8.33. The highest BCUT2D eigenvalue weighted by atomic mass is 79.9. The van der Waals surface area contributed by atoms with Crippen molar-refractivity contribution in [1.82, 2.24) is 15.8 Å². The zero-order valence-corrected chi connectivity index (χ0v) is 15.4. The van der Waals surface area contributed by atoms with E-state index in [1.165, 1.54) is 4.88 Å². The largest absolute Gasteiger partial charge is 0.359 e. The van der Waals surface area contributed by atoms with Crippen molar-refractivity contribution < 1.29 is 4.52 Å². The Hall–Kier alpha value is -1.34. The van der Waals surface area contributed by atoms with Crippen LogP contribution >= 0.6 is 27.3 Å². The molecule has 0 aliphatic heterocycles. The summed E-state index contributed by atoms with van der Waals surface area (Å²) in [5.74, 6) is 1.92. The Morgan fingerprint density at radius 2 is 2.23 bits per heavy atom. The van der Waals surface area contributed by atoms with E-state index in [1.54, 1.807) is 11.3 Å². The molecule has 0 radical (unpaired) electrons. The molecule has 7 heteroatoms. The Balaban J connectivity index is 1.93. The first-order chi connectivity index (χ1) is 10.6. The average Bonchev–Trinajstić information content (AvgIpc) is 3.11. The molecule has 0 aliphatic carbocycles. The zero-order valence-electron chi connectivity index (χ0n) is 13.0. The summed E-state index contributed by atoms with van der Waals surface area (Å²) in [5.41, 5.74) is 0.964. The summed E-state index contributed by atoms with van der Waals surface area (Å²) in [7, 11) is 0. The topological polar surface area (TPSA) is 62.5 Å². The van der Waals surface area contributed by atoms with Gasteiger partial charge in [-0.3, -0.25) is 0 Å². The van der Waals surface area contributed by atoms with E-state index >= 15 is 0 Å². The van der Waals surface area contributed by atoms with Gasteiger partial charge in [-0.2, -0.15) is 0 Å². The van der Waals surface area contributed by atoms with Crippen molar-refractivity contribution in [2.75, 3.05) is 6.54 Å². The summed E-state index contributed by atoms with van der Waals surface area (Å²) < 4.78 is 6.44. The lowest BCUT2D eigenvalue weighted by atomic mass is 10.1. The number of rotatable bonds is 6. The fraction of sp³-hybridized carbons (Fsp3) is 0.467. The van der Waals surface area contributed by atoms with Crippen molar-refractivity contribution in [2.24, 2.45) is 4.99 Å². The second-order valence-corrected chi connectivity index (χ2v) is 7.67. The first-order valence-corrected chi connectivity index (χ1v) is 8.91. The van der Waals surface area contributed by atoms with Crippen LogP contribution in [-0.4, -0.2) is 17.7 Å². The van der Waals surface area contributed by atoms with Gasteiger partial charge in [0.1, 0.15) is 6.54 Å². The van der Waals surface area contributed by atoms with Crippen LogP contribution in [-0.2, 0) is 13.1 Å². The molecule has 0 bridgehead atoms. The van der Waals surface area contributed by atoms with E-state index in [2.05, 4.69) is 56.6 Å². The van der Waals surface area contributed by atoms with Gasteiger partial charge < -0.3 is 15.2 Å². The zero-order chi connectivity index (χ0) is 15.9. The molecule has 0 saturated carbocycles. The maximum Gasteiger partial charge on any atom is 0.191 e. The molecule has 2 aromatic rings. The Morgan fingerprint density at radius 3 is 2.82 bits per heavy atom. The molecule has 0 amide bonds. The molecular weight excluding hydrogens is 364 g/mol. The minimum absolute atomic E-state index is 0.366. The highest BCUT2D eigenvalue weighted by molar-refractivity contribution is 9.11. The van der Waals surface area contributed by atoms with Crippen LogP contribution in [0.25, 0.3) is 0 Å². The smallest absolute Gasteiger partial charge is 0.191 e. The van der Waals surface area contributed by atoms with Crippen LogP contribution in [0.15, 0.2) is 31.5 Å². The summed E-state index contributed by atoms with van der Waals surface area (Å²) in [4.78, 5) is 5.78. The number of nitrogens with zero attached hydrogens (tertiary/aromatic N) is 2. The van der Waals surface area contributed by atoms with Gasteiger partial charge in [-0.1, -0.05) is 19.0 Å². The molecule has 2 N–H and O–H groups in total. The Morgan fingerprint density at radius 1 is 1.41 bits per heavy atom. The van der Waals surface area contributed by atoms with E-state index in [0.29, 0.717) is 12.5 Å². The maximum absolute atomic E-state index is 5.30. The number of halogens is 1. The molecule has 0 fully saturated rings. The fourth-order valence-electron chi connectivity index (χ4n) is 1.79. The molecule has 0 aliphatic rings. The maximum atomic E-state index is 5.30. The molecule has 0 unspecified atom stereocenters. The predicted molar refractivity (Wildman–Crippen MR) is 94.3 cm³/mol. The Kier molecular flexibility index (Phi) is 6.45. The summed E-state index contributed by atoms with van der Waals surface area (Å²) in [6.45, 7) is 8.27. The van der Waals surface area contributed by atoms with Crippen molar-refractivity contribution in [3.63, 3.8) is 0 Å². The first kappa shape index (κ1) is 17.0. The van der Waals surface area contributed by atoms with Gasteiger partial charge in [0, 0.05) is 17.5 Å². The van der Waals surface area contributed by atoms with Crippen LogP contribution in [0.3, 0.4) is 0 Å². The molecule has 0 aromatic carbocycles. The number of hydrogen-bond donors (Lipinski definition) is 2. The normalized spacial score (nSPS) is 12.0. The molecule has 0 atom stereocenters. The van der Waals surface area contributed by atoms with Crippen LogP contribution in [0.1, 0.15) is 43.0 Å². The lowest BCUT2D eigenvalue weighted by Crippen LogP contribution is -2.36. The van der Waals surface area contributed by atoms with Gasteiger partial charge in [-0.05, 0) is 40.9 Å². The predicted octanol–water partition coefficient (Wildman–Crippen LogP) is 3.88. The summed E-state index contributed by atoms with van der Waals surface area (Å²) in [6.07, 6.45) is 0. The molecule has 0 spiro atoms. The lowest BCUT2D eigenvalue weighted by Gasteiger charge is -2.09. The summed E-state index contributed by atoms with van der Waals surface area (Å²) in [6, 6.07) is 6.11. The summed E-state index contributed by atoms with van der Waals surface area (Å²) >= 11 is 5.18. The first-order valence-electron chi connectivity index (χ1n) is 7.30. The van der Waals surface area contributed by atoms with E-state index < -0.39 is 0 Å². The number of guanidine groups is 1. The third-order valence-corrected chi connectivity index (χ3v) is 4.59. The number of thiophene rings is 1. The van der Waals surface area contributed by atoms with E-state index in [1.807, 2.05) is 19.1 Å². The number of aromatic nitrogens is 1. The van der Waals surface area contributed by atoms with Gasteiger partial charge in [0.25, 0.3) is 0 Å². The van der Waals surface area contributed by atoms with Crippen molar-refractivity contribution in [3.05, 3.63) is 38.3 Å². The molecule has 0 saturated heterocycles. The molecule has 5 nitrogen and oxygen atoms in total. The van der Waals surface area contributed by atoms with Gasteiger partial charge in [0.15, 0.2) is 11.7 Å². The Bertz CT molecular complexity index is 621. The average molecular weight is 385 g/mol. The SMILES string of the molecule is CCNC(=NCc1cc(C(C)C)no1)NCc1ccc(Br)s1. The van der Waals surface area contributed by atoms with Crippen molar-refractivity contribution >= 4 is 33.2 Å². The van der Waals surface area contributed by atoms with Crippen LogP contribution in [0.2, 0.25) is 0 Å². The Labute approximate surface area is 143 Å². The van der Waals surface area contributed by atoms with Crippen molar-refractivity contribution in [3.8, 4) is 0 Å². The number of aliphatic imine (C=N–C) groups is 1. The molecule has 2 heterocycles. The quantitative estimate of drug-likeness (QED) is 0.585. The van der Waals surface area contributed by atoms with Crippen LogP contribution in [0.5, 0.6) is 0 Å². The molecule has 22 heavy (non-hydrogen) atoms. The van der Waals surface area contributed by atoms with E-state index in [9.17, 15) is 0 Å². The minimum Gasteiger partial charge on any atom is -0.359 e. The third kappa shape index (κ3) is 5.14. The monoisotopic (exact) mass is 384 g/mol. The van der Waals surface area contributed by atoms with E-state index in [-0.39, 0.29) is 0 Å². The van der Waals surface area contributed by atoms with Gasteiger partial charge in [-0.25, -0.2) is 4.99 Å². The van der Waals surface area contributed by atoms with Gasteiger partial charge in [0.2, 0.25) is 0 Å². The fourth-order valence-corrected chi connectivity index (χ4v) is 3.21. The highest BCUT2D eigenvalue weighted by Gasteiger charge is 2.07. The van der Waals surface area contributed by atoms with Gasteiger partial charge in [-0.15, -0.1) is 11.3 Å². The molecule has 2 aromatic heterocycles. The van der Waals surface area contributed by atoms with E-state index in [4.69, 9.17) is 4.52 Å². The van der Waals surface area contributed by atoms with Gasteiger partial charge >= 0.3 is 0 Å². The standard InChI is InChI=1S/C15H21BrN4OS/c1-4-17-15(19-9-12-5-6-14(16)22-12)18-8-11-7-13(10(2)3)20-21-11/h5-7,10H,4,8-9H2,1-3H3,(H2,17,18,19). The second-order valence-electron chi connectivity index (χ2n) is 5.13. The van der Waals surface area contributed by atoms with Gasteiger partial charge in [0.05, 0.1) is 16.0 Å². The molecule has 120 valence electrons. The summed E-state index contributed by atoms with van der Waals surface area (Å²) in [5, 5.41) is 10.6. The van der Waals surface area contributed by atoms with Crippen molar-refractivity contribution in [1.29, 1.82) is 0 Å². The van der Waals surface area contributed by atoms with Crippen molar-refractivity contribution in [2.45, 2.75) is 39.8 Å². The number of nitrogens with one attached hydrogen (secondary N) is 2. The van der Waals surface area contributed by atoms with Crippen LogP contribution in [0, 0.1) is 0 Å². The number of hydrogen-bond acceptors (Lipinski definition) is 4. The van der Waals surface area contributed by atoms with E-state index in [0.717, 1.165) is 34.3 Å². The lowest BCUT2D eigenvalue weighted by molar-refractivity contribution is 0.376. The third-order valence-electron chi connectivity index (χ3n) is 2.96. The van der Waals surface area contributed by atoms with Crippen LogP contribution in [0.4, 0.5) is 0 Å². The minimum atomic E-state index is 0.366. The highest BCUT2D eigenvalue weighted by Crippen LogP contribution is 2.21. The molecular formula is C15H21BrN4OS. The van der Waals surface area contributed by atoms with Crippen LogP contribution < -0.4 is 10.6 Å². The molecule has 2 rings (SSSR count).